The van der Waals surface area contributed by atoms with E-state index in [2.05, 4.69) is 15.2 Å². The largest absolute Gasteiger partial charge is 0.477 e. The summed E-state index contributed by atoms with van der Waals surface area (Å²) in [4.78, 5) is 4.11. The summed E-state index contributed by atoms with van der Waals surface area (Å²) in [7, 11) is 0. The van der Waals surface area contributed by atoms with Crippen molar-refractivity contribution in [3.05, 3.63) is 72.1 Å². The number of nitrogen functional groups attached to an aromatic ring is 1. The maximum atomic E-state index is 13.3. The van der Waals surface area contributed by atoms with Crippen LogP contribution in [-0.2, 0) is 6.42 Å². The van der Waals surface area contributed by atoms with Crippen molar-refractivity contribution in [3.8, 4) is 17.3 Å². The van der Waals surface area contributed by atoms with E-state index in [1.165, 1.54) is 6.07 Å². The lowest BCUT2D eigenvalue weighted by molar-refractivity contribution is 0.304. The molecule has 6 nitrogen and oxygen atoms in total. The van der Waals surface area contributed by atoms with Crippen LogP contribution in [-0.4, -0.2) is 26.2 Å². The Morgan fingerprint density at radius 3 is 2.70 bits per heavy atom. The minimum atomic E-state index is -0.876. The highest BCUT2D eigenvalue weighted by molar-refractivity contribution is 5.64. The second-order valence-corrected chi connectivity index (χ2v) is 5.94. The van der Waals surface area contributed by atoms with Gasteiger partial charge in [-0.1, -0.05) is 18.2 Å². The van der Waals surface area contributed by atoms with E-state index in [0.717, 1.165) is 17.7 Å². The summed E-state index contributed by atoms with van der Waals surface area (Å²) < 4.78 is 33.9. The molecule has 0 spiro atoms. The first-order valence-electron chi connectivity index (χ1n) is 8.23. The Bertz CT molecular complexity index is 1110. The SMILES string of the molecule is Nc1cccc(-c2nnc3cncc(OCCc4ccc(F)c(F)c4)n23)c1. The molecule has 136 valence electrons. The van der Waals surface area contributed by atoms with Crippen molar-refractivity contribution in [2.24, 2.45) is 0 Å². The lowest BCUT2D eigenvalue weighted by Gasteiger charge is -2.10. The predicted octanol–water partition coefficient (Wildman–Crippen LogP) is 3.27. The van der Waals surface area contributed by atoms with Gasteiger partial charge in [-0.15, -0.1) is 10.2 Å². The Morgan fingerprint density at radius 2 is 1.89 bits per heavy atom. The Hall–Kier alpha value is -3.55. The second-order valence-electron chi connectivity index (χ2n) is 5.94. The number of hydrogen-bond donors (Lipinski definition) is 1. The lowest BCUT2D eigenvalue weighted by atomic mass is 10.1. The third-order valence-electron chi connectivity index (χ3n) is 4.05. The molecule has 0 aliphatic carbocycles. The van der Waals surface area contributed by atoms with E-state index in [1.54, 1.807) is 28.9 Å². The minimum Gasteiger partial charge on any atom is -0.477 e. The number of anilines is 1. The van der Waals surface area contributed by atoms with E-state index in [-0.39, 0.29) is 6.61 Å². The molecule has 4 aromatic rings. The van der Waals surface area contributed by atoms with Gasteiger partial charge in [-0.05, 0) is 29.8 Å². The van der Waals surface area contributed by atoms with Gasteiger partial charge in [-0.25, -0.2) is 13.2 Å². The van der Waals surface area contributed by atoms with Crippen LogP contribution in [0, 0.1) is 11.6 Å². The third kappa shape index (κ3) is 3.41. The van der Waals surface area contributed by atoms with Crippen LogP contribution in [0.25, 0.3) is 17.0 Å². The molecular formula is C19H15F2N5O. The fourth-order valence-corrected chi connectivity index (χ4v) is 2.76. The van der Waals surface area contributed by atoms with E-state index >= 15 is 0 Å². The number of benzene rings is 2. The summed E-state index contributed by atoms with van der Waals surface area (Å²) in [6, 6.07) is 11.1. The van der Waals surface area contributed by atoms with Crippen molar-refractivity contribution < 1.29 is 13.5 Å². The fraction of sp³-hybridized carbons (Fsp3) is 0.105. The first kappa shape index (κ1) is 16.9. The number of aromatic nitrogens is 4. The normalized spacial score (nSPS) is 11.0. The highest BCUT2D eigenvalue weighted by Crippen LogP contribution is 2.24. The standard InChI is InChI=1S/C19H15F2N5O/c20-15-5-4-12(8-16(15)21)6-7-27-18-11-23-10-17-24-25-19(26(17)18)13-2-1-3-14(22)9-13/h1-5,8-11H,6-7,22H2. The van der Waals surface area contributed by atoms with E-state index in [0.29, 0.717) is 35.0 Å². The van der Waals surface area contributed by atoms with Gasteiger partial charge in [-0.3, -0.25) is 4.98 Å². The molecule has 0 unspecified atom stereocenters. The molecule has 2 aromatic heterocycles. The minimum absolute atomic E-state index is 0.250. The Labute approximate surface area is 153 Å². The molecular weight excluding hydrogens is 352 g/mol. The monoisotopic (exact) mass is 367 g/mol. The van der Waals surface area contributed by atoms with Crippen LogP contribution in [0.4, 0.5) is 14.5 Å². The molecule has 0 fully saturated rings. The van der Waals surface area contributed by atoms with Crippen molar-refractivity contribution in [2.45, 2.75) is 6.42 Å². The molecule has 0 radical (unpaired) electrons. The highest BCUT2D eigenvalue weighted by Gasteiger charge is 2.13. The van der Waals surface area contributed by atoms with Crippen LogP contribution in [0.3, 0.4) is 0 Å². The van der Waals surface area contributed by atoms with Gasteiger partial charge in [0.1, 0.15) is 0 Å². The Kier molecular flexibility index (Phi) is 4.37. The van der Waals surface area contributed by atoms with Crippen LogP contribution < -0.4 is 10.5 Å². The number of nitrogens with two attached hydrogens (primary N) is 1. The molecule has 27 heavy (non-hydrogen) atoms. The van der Waals surface area contributed by atoms with Crippen LogP contribution in [0.2, 0.25) is 0 Å². The molecule has 2 heterocycles. The molecule has 2 N–H and O–H groups in total. The predicted molar refractivity (Wildman–Crippen MR) is 96.2 cm³/mol. The molecule has 2 aromatic carbocycles. The van der Waals surface area contributed by atoms with E-state index in [9.17, 15) is 8.78 Å². The zero-order valence-electron chi connectivity index (χ0n) is 14.1. The number of halogens is 2. The summed E-state index contributed by atoms with van der Waals surface area (Å²) in [5.74, 6) is -0.732. The molecule has 0 aliphatic heterocycles. The summed E-state index contributed by atoms with van der Waals surface area (Å²) in [6.45, 7) is 0.250. The average Bonchev–Trinajstić information content (AvgIpc) is 3.10. The summed E-state index contributed by atoms with van der Waals surface area (Å²) in [5.41, 5.74) is 8.42. The van der Waals surface area contributed by atoms with E-state index in [4.69, 9.17) is 10.5 Å². The molecule has 0 amide bonds. The zero-order chi connectivity index (χ0) is 18.8. The fourth-order valence-electron chi connectivity index (χ4n) is 2.76. The zero-order valence-corrected chi connectivity index (χ0v) is 14.1. The molecule has 0 saturated carbocycles. The van der Waals surface area contributed by atoms with Crippen molar-refractivity contribution in [1.29, 1.82) is 0 Å². The Morgan fingerprint density at radius 1 is 1.00 bits per heavy atom. The van der Waals surface area contributed by atoms with Gasteiger partial charge in [0.25, 0.3) is 0 Å². The molecule has 0 atom stereocenters. The first-order chi connectivity index (χ1) is 13.1. The second kappa shape index (κ2) is 6.99. The highest BCUT2D eigenvalue weighted by atomic mass is 19.2. The van der Waals surface area contributed by atoms with Crippen molar-refractivity contribution in [3.63, 3.8) is 0 Å². The molecule has 0 bridgehead atoms. The van der Waals surface area contributed by atoms with Crippen molar-refractivity contribution in [1.82, 2.24) is 19.6 Å². The van der Waals surface area contributed by atoms with Gasteiger partial charge in [0.2, 0.25) is 5.88 Å². The molecule has 4 rings (SSSR count). The average molecular weight is 367 g/mol. The van der Waals surface area contributed by atoms with Gasteiger partial charge < -0.3 is 10.5 Å². The van der Waals surface area contributed by atoms with Gasteiger partial charge >= 0.3 is 0 Å². The quantitative estimate of drug-likeness (QED) is 0.548. The van der Waals surface area contributed by atoms with Crippen LogP contribution >= 0.6 is 0 Å². The van der Waals surface area contributed by atoms with Gasteiger partial charge in [0.05, 0.1) is 19.0 Å². The lowest BCUT2D eigenvalue weighted by Crippen LogP contribution is -2.06. The summed E-state index contributed by atoms with van der Waals surface area (Å²) >= 11 is 0. The van der Waals surface area contributed by atoms with Gasteiger partial charge in [0, 0.05) is 17.7 Å². The van der Waals surface area contributed by atoms with Gasteiger partial charge in [0.15, 0.2) is 23.1 Å². The number of fused-ring (bicyclic) bond motifs is 1. The number of nitrogens with zero attached hydrogens (tertiary/aromatic N) is 4. The number of ether oxygens (including phenoxy) is 1. The van der Waals surface area contributed by atoms with E-state index < -0.39 is 11.6 Å². The topological polar surface area (TPSA) is 78.3 Å². The summed E-state index contributed by atoms with van der Waals surface area (Å²) in [5, 5.41) is 8.31. The van der Waals surface area contributed by atoms with E-state index in [1.807, 2.05) is 12.1 Å². The van der Waals surface area contributed by atoms with Crippen LogP contribution in [0.1, 0.15) is 5.56 Å². The number of hydrogen-bond acceptors (Lipinski definition) is 5. The van der Waals surface area contributed by atoms with Crippen LogP contribution in [0.15, 0.2) is 54.9 Å². The first-order valence-corrected chi connectivity index (χ1v) is 8.23. The maximum Gasteiger partial charge on any atom is 0.220 e. The smallest absolute Gasteiger partial charge is 0.220 e. The van der Waals surface area contributed by atoms with Crippen molar-refractivity contribution >= 4 is 11.3 Å². The molecule has 0 aliphatic rings. The Balaban J connectivity index is 1.60. The summed E-state index contributed by atoms with van der Waals surface area (Å²) in [6.07, 6.45) is 3.53. The molecule has 8 heteroatoms. The van der Waals surface area contributed by atoms with Crippen molar-refractivity contribution in [2.75, 3.05) is 12.3 Å². The maximum absolute atomic E-state index is 13.3. The third-order valence-corrected chi connectivity index (χ3v) is 4.05. The van der Waals surface area contributed by atoms with Crippen LogP contribution in [0.5, 0.6) is 5.88 Å². The van der Waals surface area contributed by atoms with Gasteiger partial charge in [-0.2, -0.15) is 0 Å². The number of rotatable bonds is 5. The molecule has 0 saturated heterocycles.